The second-order valence-corrected chi connectivity index (χ2v) is 8.18. The molecule has 8 heteroatoms. The SMILES string of the molecule is O=C(NCCN1CCOCC1)[C@H]1CC(=O)N(CCc2c[nH]c3ccc(Cl)cc23)C1. The molecule has 4 rings (SSSR count). The van der Waals surface area contributed by atoms with Gasteiger partial charge in [-0.15, -0.1) is 0 Å². The number of fused-ring (bicyclic) bond motifs is 1. The minimum Gasteiger partial charge on any atom is -0.379 e. The van der Waals surface area contributed by atoms with Gasteiger partial charge >= 0.3 is 0 Å². The number of nitrogens with one attached hydrogen (secondary N) is 2. The first-order valence-corrected chi connectivity index (χ1v) is 10.6. The number of carbonyl (C=O) groups is 2. The maximum Gasteiger partial charge on any atom is 0.225 e. The average Bonchev–Trinajstić information content (AvgIpc) is 3.30. The zero-order valence-corrected chi connectivity index (χ0v) is 17.2. The topological polar surface area (TPSA) is 77.7 Å². The summed E-state index contributed by atoms with van der Waals surface area (Å²) in [5, 5.41) is 4.78. The van der Waals surface area contributed by atoms with E-state index in [1.165, 1.54) is 0 Å². The molecule has 2 N–H and O–H groups in total. The lowest BCUT2D eigenvalue weighted by Crippen LogP contribution is -2.42. The highest BCUT2D eigenvalue weighted by Crippen LogP contribution is 2.24. The van der Waals surface area contributed by atoms with Crippen molar-refractivity contribution in [2.75, 3.05) is 52.5 Å². The van der Waals surface area contributed by atoms with E-state index in [-0.39, 0.29) is 17.7 Å². The van der Waals surface area contributed by atoms with E-state index in [1.54, 1.807) is 4.90 Å². The summed E-state index contributed by atoms with van der Waals surface area (Å²) in [6.45, 7) is 5.85. The number of aromatic nitrogens is 1. The molecule has 2 aromatic rings. The van der Waals surface area contributed by atoms with E-state index < -0.39 is 0 Å². The third-order valence-electron chi connectivity index (χ3n) is 5.80. The Morgan fingerprint density at radius 3 is 2.93 bits per heavy atom. The number of hydrogen-bond acceptors (Lipinski definition) is 4. The summed E-state index contributed by atoms with van der Waals surface area (Å²) in [5.74, 6) is -0.228. The predicted octanol–water partition coefficient (Wildman–Crippen LogP) is 1.66. The van der Waals surface area contributed by atoms with Crippen LogP contribution in [0.3, 0.4) is 0 Å². The van der Waals surface area contributed by atoms with Gasteiger partial charge in [-0.25, -0.2) is 0 Å². The van der Waals surface area contributed by atoms with E-state index in [1.807, 2.05) is 24.4 Å². The monoisotopic (exact) mass is 418 g/mol. The molecule has 3 heterocycles. The molecule has 0 spiro atoms. The smallest absolute Gasteiger partial charge is 0.225 e. The van der Waals surface area contributed by atoms with Crippen LogP contribution in [0.5, 0.6) is 0 Å². The van der Waals surface area contributed by atoms with Crippen molar-refractivity contribution in [1.29, 1.82) is 0 Å². The molecule has 0 saturated carbocycles. The number of benzene rings is 1. The molecule has 7 nitrogen and oxygen atoms in total. The van der Waals surface area contributed by atoms with Crippen LogP contribution in [0.25, 0.3) is 10.9 Å². The summed E-state index contributed by atoms with van der Waals surface area (Å²) in [6, 6.07) is 5.76. The van der Waals surface area contributed by atoms with Crippen LogP contribution in [0.15, 0.2) is 24.4 Å². The van der Waals surface area contributed by atoms with Crippen LogP contribution >= 0.6 is 11.6 Å². The highest BCUT2D eigenvalue weighted by molar-refractivity contribution is 6.31. The Hall–Kier alpha value is -2.09. The van der Waals surface area contributed by atoms with E-state index in [0.29, 0.717) is 31.1 Å². The highest BCUT2D eigenvalue weighted by atomic mass is 35.5. The number of morpholine rings is 1. The van der Waals surface area contributed by atoms with E-state index >= 15 is 0 Å². The van der Waals surface area contributed by atoms with Gasteiger partial charge in [-0.05, 0) is 30.2 Å². The Labute approximate surface area is 175 Å². The quantitative estimate of drug-likeness (QED) is 0.717. The van der Waals surface area contributed by atoms with Crippen LogP contribution in [-0.2, 0) is 20.7 Å². The molecule has 0 bridgehead atoms. The van der Waals surface area contributed by atoms with Gasteiger partial charge in [-0.1, -0.05) is 11.6 Å². The molecule has 0 radical (unpaired) electrons. The number of likely N-dealkylation sites (tertiary alicyclic amines) is 1. The van der Waals surface area contributed by atoms with Crippen molar-refractivity contribution in [1.82, 2.24) is 20.1 Å². The maximum atomic E-state index is 12.5. The van der Waals surface area contributed by atoms with Crippen LogP contribution in [0.1, 0.15) is 12.0 Å². The minimum atomic E-state index is -0.260. The van der Waals surface area contributed by atoms with Gasteiger partial charge in [0, 0.05) is 67.8 Å². The fourth-order valence-corrected chi connectivity index (χ4v) is 4.26. The molecule has 2 aliphatic rings. The van der Waals surface area contributed by atoms with Gasteiger partial charge in [0.05, 0.1) is 19.1 Å². The Balaban J connectivity index is 1.25. The number of aromatic amines is 1. The third-order valence-corrected chi connectivity index (χ3v) is 6.03. The standard InChI is InChI=1S/C21H27ClN4O3/c22-17-1-2-19-18(12-17)15(13-24-19)3-5-26-14-16(11-20(26)27)21(28)23-4-6-25-7-9-29-10-8-25/h1-2,12-13,16,24H,3-11,14H2,(H,23,28)/t16-/m0/s1. The van der Waals surface area contributed by atoms with Gasteiger partial charge in [0.1, 0.15) is 0 Å². The Morgan fingerprint density at radius 2 is 2.10 bits per heavy atom. The first-order valence-electron chi connectivity index (χ1n) is 10.2. The number of H-pyrrole nitrogens is 1. The van der Waals surface area contributed by atoms with Crippen LogP contribution in [0.2, 0.25) is 5.02 Å². The molecule has 1 aromatic heterocycles. The highest BCUT2D eigenvalue weighted by Gasteiger charge is 2.33. The van der Waals surface area contributed by atoms with Gasteiger partial charge < -0.3 is 19.9 Å². The summed E-state index contributed by atoms with van der Waals surface area (Å²) >= 11 is 6.11. The molecule has 0 unspecified atom stereocenters. The molecule has 1 atom stereocenters. The Morgan fingerprint density at radius 1 is 1.28 bits per heavy atom. The lowest BCUT2D eigenvalue weighted by atomic mass is 10.1. The third kappa shape index (κ3) is 4.91. The Bertz CT molecular complexity index is 878. The van der Waals surface area contributed by atoms with Gasteiger partial charge in [0.15, 0.2) is 0 Å². The van der Waals surface area contributed by atoms with Crippen LogP contribution in [-0.4, -0.2) is 79.1 Å². The second-order valence-electron chi connectivity index (χ2n) is 7.74. The second kappa shape index (κ2) is 9.15. The molecule has 2 saturated heterocycles. The van der Waals surface area contributed by atoms with Gasteiger partial charge in [-0.3, -0.25) is 14.5 Å². The van der Waals surface area contributed by atoms with E-state index in [9.17, 15) is 9.59 Å². The number of nitrogens with zero attached hydrogens (tertiary/aromatic N) is 2. The van der Waals surface area contributed by atoms with Crippen molar-refractivity contribution in [3.05, 3.63) is 35.0 Å². The maximum absolute atomic E-state index is 12.5. The summed E-state index contributed by atoms with van der Waals surface area (Å²) in [6.07, 6.45) is 3.00. The number of hydrogen-bond donors (Lipinski definition) is 2. The predicted molar refractivity (Wildman–Crippen MR) is 112 cm³/mol. The number of ether oxygens (including phenoxy) is 1. The van der Waals surface area contributed by atoms with E-state index in [4.69, 9.17) is 16.3 Å². The van der Waals surface area contributed by atoms with Gasteiger partial charge in [0.25, 0.3) is 0 Å². The summed E-state index contributed by atoms with van der Waals surface area (Å²) in [7, 11) is 0. The lowest BCUT2D eigenvalue weighted by Gasteiger charge is -2.26. The molecule has 2 aliphatic heterocycles. The van der Waals surface area contributed by atoms with Crippen LogP contribution in [0, 0.1) is 5.92 Å². The van der Waals surface area contributed by atoms with Crippen molar-refractivity contribution in [3.63, 3.8) is 0 Å². The van der Waals surface area contributed by atoms with Crippen LogP contribution in [0.4, 0.5) is 0 Å². The number of amides is 2. The fraction of sp³-hybridized carbons (Fsp3) is 0.524. The van der Waals surface area contributed by atoms with Crippen molar-refractivity contribution < 1.29 is 14.3 Å². The first-order chi connectivity index (χ1) is 14.1. The summed E-state index contributed by atoms with van der Waals surface area (Å²) in [4.78, 5) is 32.2. The van der Waals surface area contributed by atoms with Gasteiger partial charge in [0.2, 0.25) is 11.8 Å². The molecular weight excluding hydrogens is 392 g/mol. The number of rotatable bonds is 7. The molecule has 0 aliphatic carbocycles. The fourth-order valence-electron chi connectivity index (χ4n) is 4.08. The molecule has 2 fully saturated rings. The summed E-state index contributed by atoms with van der Waals surface area (Å²) in [5.41, 5.74) is 2.17. The largest absolute Gasteiger partial charge is 0.379 e. The Kier molecular flexibility index (Phi) is 6.37. The molecule has 29 heavy (non-hydrogen) atoms. The first kappa shape index (κ1) is 20.2. The number of halogens is 1. The van der Waals surface area contributed by atoms with Crippen molar-refractivity contribution in [2.45, 2.75) is 12.8 Å². The molecule has 2 amide bonds. The van der Waals surface area contributed by atoms with E-state index in [0.717, 1.165) is 55.7 Å². The lowest BCUT2D eigenvalue weighted by molar-refractivity contribution is -0.129. The van der Waals surface area contributed by atoms with Gasteiger partial charge in [-0.2, -0.15) is 0 Å². The molecular formula is C21H27ClN4O3. The number of carbonyl (C=O) groups excluding carboxylic acids is 2. The van der Waals surface area contributed by atoms with Crippen LogP contribution < -0.4 is 5.32 Å². The minimum absolute atomic E-state index is 0.0204. The normalized spacial score (nSPS) is 20.5. The summed E-state index contributed by atoms with van der Waals surface area (Å²) < 4.78 is 5.33. The van der Waals surface area contributed by atoms with Crippen molar-refractivity contribution >= 4 is 34.3 Å². The molecule has 1 aromatic carbocycles. The van der Waals surface area contributed by atoms with E-state index in [2.05, 4.69) is 15.2 Å². The zero-order chi connectivity index (χ0) is 20.2. The zero-order valence-electron chi connectivity index (χ0n) is 16.5. The van der Waals surface area contributed by atoms with Crippen molar-refractivity contribution in [3.8, 4) is 0 Å². The average molecular weight is 419 g/mol. The van der Waals surface area contributed by atoms with Crippen molar-refractivity contribution in [2.24, 2.45) is 5.92 Å². The molecule has 156 valence electrons.